The van der Waals surface area contributed by atoms with Crippen LogP contribution >= 0.6 is 0 Å². The van der Waals surface area contributed by atoms with Crippen LogP contribution in [0.3, 0.4) is 0 Å². The monoisotopic (exact) mass is 226 g/mol. The van der Waals surface area contributed by atoms with Crippen molar-refractivity contribution in [1.29, 1.82) is 0 Å². The topological polar surface area (TPSA) is 24.5 Å². The van der Waals surface area contributed by atoms with Gasteiger partial charge in [0.2, 0.25) is 0 Å². The van der Waals surface area contributed by atoms with Crippen molar-refractivity contribution in [3.05, 3.63) is 0 Å². The molecule has 2 unspecified atom stereocenters. The highest BCUT2D eigenvalue weighted by Crippen LogP contribution is 2.22. The largest absolute Gasteiger partial charge is 0.378 e. The van der Waals surface area contributed by atoms with Crippen LogP contribution in [0.15, 0.2) is 0 Å². The second-order valence-electron chi connectivity index (χ2n) is 5.99. The molecular formula is C13H26N2O. The van der Waals surface area contributed by atoms with E-state index in [0.717, 1.165) is 19.2 Å². The van der Waals surface area contributed by atoms with Gasteiger partial charge in [0.05, 0.1) is 6.10 Å². The molecule has 2 heterocycles. The van der Waals surface area contributed by atoms with E-state index in [1.807, 2.05) is 0 Å². The van der Waals surface area contributed by atoms with Crippen LogP contribution in [-0.2, 0) is 4.74 Å². The Labute approximate surface area is 99.5 Å². The highest BCUT2D eigenvalue weighted by Gasteiger charge is 2.30. The van der Waals surface area contributed by atoms with Crippen LogP contribution in [0.5, 0.6) is 0 Å². The lowest BCUT2D eigenvalue weighted by Gasteiger charge is -2.39. The van der Waals surface area contributed by atoms with Crippen molar-refractivity contribution < 1.29 is 4.74 Å². The van der Waals surface area contributed by atoms with Gasteiger partial charge in [-0.25, -0.2) is 0 Å². The summed E-state index contributed by atoms with van der Waals surface area (Å²) in [5.74, 6) is 0. The molecule has 0 radical (unpaired) electrons. The van der Waals surface area contributed by atoms with Gasteiger partial charge in [0.25, 0.3) is 0 Å². The maximum absolute atomic E-state index is 5.64. The summed E-state index contributed by atoms with van der Waals surface area (Å²) in [5.41, 5.74) is 0.262. The molecule has 1 N–H and O–H groups in total. The Hall–Kier alpha value is -0.120. The van der Waals surface area contributed by atoms with Gasteiger partial charge in [0, 0.05) is 24.7 Å². The smallest absolute Gasteiger partial charge is 0.0561 e. The molecule has 3 nitrogen and oxygen atoms in total. The summed E-state index contributed by atoms with van der Waals surface area (Å²) in [5, 5.41) is 3.63. The van der Waals surface area contributed by atoms with Crippen LogP contribution in [0.1, 0.15) is 40.0 Å². The number of ether oxygens (including phenoxy) is 1. The van der Waals surface area contributed by atoms with Gasteiger partial charge in [-0.15, -0.1) is 0 Å². The summed E-state index contributed by atoms with van der Waals surface area (Å²) in [7, 11) is 0. The van der Waals surface area contributed by atoms with Gasteiger partial charge in [0.1, 0.15) is 0 Å². The van der Waals surface area contributed by atoms with Crippen LogP contribution in [0.2, 0.25) is 0 Å². The van der Waals surface area contributed by atoms with Gasteiger partial charge in [-0.3, -0.25) is 4.90 Å². The van der Waals surface area contributed by atoms with E-state index in [4.69, 9.17) is 4.74 Å². The molecule has 3 heteroatoms. The van der Waals surface area contributed by atoms with Crippen LogP contribution < -0.4 is 5.32 Å². The molecule has 0 aliphatic carbocycles. The summed E-state index contributed by atoms with van der Waals surface area (Å²) in [6, 6.07) is 0.739. The average molecular weight is 226 g/mol. The first-order valence-corrected chi connectivity index (χ1v) is 6.67. The molecule has 2 atom stereocenters. The first-order chi connectivity index (χ1) is 7.57. The Bertz CT molecular complexity index is 230. The maximum Gasteiger partial charge on any atom is 0.0561 e. The van der Waals surface area contributed by atoms with Crippen molar-refractivity contribution >= 4 is 0 Å². The SMILES string of the molecule is CC1CC(N2CCCNC(C)(C)C2)CCO1. The van der Waals surface area contributed by atoms with E-state index in [-0.39, 0.29) is 5.54 Å². The number of hydrogen-bond acceptors (Lipinski definition) is 3. The minimum atomic E-state index is 0.262. The first-order valence-electron chi connectivity index (χ1n) is 6.67. The zero-order valence-electron chi connectivity index (χ0n) is 11.0. The fourth-order valence-corrected chi connectivity index (χ4v) is 2.97. The van der Waals surface area contributed by atoms with E-state index in [2.05, 4.69) is 31.0 Å². The normalized spacial score (nSPS) is 36.9. The lowest BCUT2D eigenvalue weighted by atomic mass is 9.99. The molecule has 16 heavy (non-hydrogen) atoms. The molecule has 2 aliphatic heterocycles. The molecular weight excluding hydrogens is 200 g/mol. The van der Waals surface area contributed by atoms with Gasteiger partial charge >= 0.3 is 0 Å². The van der Waals surface area contributed by atoms with Gasteiger partial charge in [-0.05, 0) is 53.1 Å². The van der Waals surface area contributed by atoms with E-state index in [1.165, 1.54) is 32.4 Å². The first kappa shape index (κ1) is 12.3. The Kier molecular flexibility index (Phi) is 3.88. The fraction of sp³-hybridized carbons (Fsp3) is 1.00. The maximum atomic E-state index is 5.64. The molecule has 0 amide bonds. The molecule has 2 aliphatic rings. The van der Waals surface area contributed by atoms with Gasteiger partial charge in [-0.1, -0.05) is 0 Å². The zero-order chi connectivity index (χ0) is 11.6. The van der Waals surface area contributed by atoms with Gasteiger partial charge in [-0.2, -0.15) is 0 Å². The van der Waals surface area contributed by atoms with Gasteiger partial charge < -0.3 is 10.1 Å². The average Bonchev–Trinajstić information content (AvgIpc) is 2.39. The van der Waals surface area contributed by atoms with Crippen molar-refractivity contribution in [2.24, 2.45) is 0 Å². The predicted octanol–water partition coefficient (Wildman–Crippen LogP) is 1.63. The van der Waals surface area contributed by atoms with E-state index in [1.54, 1.807) is 0 Å². The molecule has 2 saturated heterocycles. The third kappa shape index (κ3) is 3.19. The van der Waals surface area contributed by atoms with Gasteiger partial charge in [0.15, 0.2) is 0 Å². The Morgan fingerprint density at radius 3 is 2.94 bits per heavy atom. The van der Waals surface area contributed by atoms with E-state index in [9.17, 15) is 0 Å². The molecule has 94 valence electrons. The summed E-state index contributed by atoms with van der Waals surface area (Å²) in [6.07, 6.45) is 4.13. The van der Waals surface area contributed by atoms with Crippen molar-refractivity contribution in [3.8, 4) is 0 Å². The van der Waals surface area contributed by atoms with Crippen LogP contribution in [0.4, 0.5) is 0 Å². The number of rotatable bonds is 1. The fourth-order valence-electron chi connectivity index (χ4n) is 2.97. The lowest BCUT2D eigenvalue weighted by Crippen LogP contribution is -2.50. The molecule has 0 bridgehead atoms. The minimum Gasteiger partial charge on any atom is -0.378 e. The summed E-state index contributed by atoms with van der Waals surface area (Å²) >= 11 is 0. The second kappa shape index (κ2) is 5.03. The highest BCUT2D eigenvalue weighted by molar-refractivity contribution is 4.89. The van der Waals surface area contributed by atoms with E-state index < -0.39 is 0 Å². The van der Waals surface area contributed by atoms with Crippen molar-refractivity contribution in [1.82, 2.24) is 10.2 Å². The number of nitrogens with zero attached hydrogens (tertiary/aromatic N) is 1. The van der Waals surface area contributed by atoms with Crippen molar-refractivity contribution in [2.45, 2.75) is 57.7 Å². The summed E-state index contributed by atoms with van der Waals surface area (Å²) in [4.78, 5) is 2.68. The molecule has 2 rings (SSSR count). The molecule has 0 spiro atoms. The second-order valence-corrected chi connectivity index (χ2v) is 5.99. The zero-order valence-corrected chi connectivity index (χ0v) is 11.0. The van der Waals surface area contributed by atoms with E-state index in [0.29, 0.717) is 6.10 Å². The van der Waals surface area contributed by atoms with Crippen LogP contribution in [-0.4, -0.2) is 48.8 Å². The molecule has 0 saturated carbocycles. The standard InChI is InChI=1S/C13H26N2O/c1-11-9-12(5-8-16-11)15-7-4-6-14-13(2,3)10-15/h11-12,14H,4-10H2,1-3H3. The summed E-state index contributed by atoms with van der Waals surface area (Å²) < 4.78 is 5.64. The predicted molar refractivity (Wildman–Crippen MR) is 66.7 cm³/mol. The third-order valence-electron chi connectivity index (χ3n) is 3.80. The highest BCUT2D eigenvalue weighted by atomic mass is 16.5. The molecule has 0 aromatic carbocycles. The van der Waals surface area contributed by atoms with Crippen LogP contribution in [0.25, 0.3) is 0 Å². The Morgan fingerprint density at radius 2 is 2.19 bits per heavy atom. The number of hydrogen-bond donors (Lipinski definition) is 1. The summed E-state index contributed by atoms with van der Waals surface area (Å²) in [6.45, 7) is 11.3. The van der Waals surface area contributed by atoms with Crippen molar-refractivity contribution in [2.75, 3.05) is 26.2 Å². The van der Waals surface area contributed by atoms with Crippen molar-refractivity contribution in [3.63, 3.8) is 0 Å². The lowest BCUT2D eigenvalue weighted by molar-refractivity contribution is -0.0198. The molecule has 0 aromatic rings. The Balaban J connectivity index is 1.96. The minimum absolute atomic E-state index is 0.262. The van der Waals surface area contributed by atoms with Crippen LogP contribution in [0, 0.1) is 0 Å². The number of nitrogens with one attached hydrogen (secondary N) is 1. The quantitative estimate of drug-likeness (QED) is 0.735. The molecule has 2 fully saturated rings. The van der Waals surface area contributed by atoms with E-state index >= 15 is 0 Å². The third-order valence-corrected chi connectivity index (χ3v) is 3.80. The molecule has 0 aromatic heterocycles. The Morgan fingerprint density at radius 1 is 1.38 bits per heavy atom.